The molecule has 0 aromatic heterocycles. The summed E-state index contributed by atoms with van der Waals surface area (Å²) >= 11 is 0. The van der Waals surface area contributed by atoms with E-state index in [9.17, 15) is 13.0 Å². The molecule has 1 unspecified atom stereocenters. The van der Waals surface area contributed by atoms with E-state index in [0.717, 1.165) is 19.3 Å². The minimum absolute atomic E-state index is 0.332. The van der Waals surface area contributed by atoms with Gasteiger partial charge in [-0.25, -0.2) is 0 Å². The van der Waals surface area contributed by atoms with E-state index in [2.05, 4.69) is 6.92 Å². The summed E-state index contributed by atoms with van der Waals surface area (Å²) in [5, 5.41) is 0. The number of unbranched alkanes of at least 4 members (excludes halogenated alkanes) is 5. The lowest BCUT2D eigenvalue weighted by molar-refractivity contribution is -0.399. The van der Waals surface area contributed by atoms with Crippen LogP contribution in [-0.2, 0) is 24.3 Å². The molecule has 0 fully saturated rings. The summed E-state index contributed by atoms with van der Waals surface area (Å²) < 4.78 is 49.3. The van der Waals surface area contributed by atoms with Crippen LogP contribution < -0.4 is 0 Å². The highest BCUT2D eigenvalue weighted by Crippen LogP contribution is 2.31. The maximum atomic E-state index is 11.5. The summed E-state index contributed by atoms with van der Waals surface area (Å²) in [6.45, 7) is 8.59. The molecular formula is C17H36O6S. The van der Waals surface area contributed by atoms with Crippen LogP contribution in [0.1, 0.15) is 72.6 Å². The minimum atomic E-state index is -4.15. The lowest BCUT2D eigenvalue weighted by Gasteiger charge is -2.38. The molecule has 0 amide bonds. The molecule has 6 nitrogen and oxygen atoms in total. The highest BCUT2D eigenvalue weighted by molar-refractivity contribution is 7.85. The van der Waals surface area contributed by atoms with Crippen molar-refractivity contribution in [1.29, 1.82) is 0 Å². The SMILES string of the molecule is CCCCCCCCC(CS(=O)(=O)O)C(OCC)(OCC)OCC. The van der Waals surface area contributed by atoms with Crippen LogP contribution in [0.2, 0.25) is 0 Å². The lowest BCUT2D eigenvalue weighted by Crippen LogP contribution is -2.49. The molecule has 0 aliphatic rings. The fourth-order valence-corrected chi connectivity index (χ4v) is 3.75. The minimum Gasteiger partial charge on any atom is -0.328 e. The van der Waals surface area contributed by atoms with Gasteiger partial charge < -0.3 is 14.2 Å². The van der Waals surface area contributed by atoms with Crippen molar-refractivity contribution in [2.24, 2.45) is 5.92 Å². The van der Waals surface area contributed by atoms with E-state index in [0.29, 0.717) is 26.2 Å². The third-order valence-electron chi connectivity index (χ3n) is 3.85. The van der Waals surface area contributed by atoms with Crippen molar-refractivity contribution < 1.29 is 27.2 Å². The smallest absolute Gasteiger partial charge is 0.286 e. The van der Waals surface area contributed by atoms with Crippen LogP contribution in [-0.4, -0.2) is 44.5 Å². The Hall–Kier alpha value is -0.210. The fraction of sp³-hybridized carbons (Fsp3) is 1.00. The summed E-state index contributed by atoms with van der Waals surface area (Å²) in [5.41, 5.74) is 0. The van der Waals surface area contributed by atoms with Crippen LogP contribution >= 0.6 is 0 Å². The predicted octanol–water partition coefficient (Wildman–Crippen LogP) is 4.00. The van der Waals surface area contributed by atoms with Crippen molar-refractivity contribution in [2.45, 2.75) is 78.6 Å². The fourth-order valence-electron chi connectivity index (χ4n) is 2.87. The van der Waals surface area contributed by atoms with E-state index in [4.69, 9.17) is 14.2 Å². The van der Waals surface area contributed by atoms with Crippen LogP contribution in [0.15, 0.2) is 0 Å². The van der Waals surface area contributed by atoms with Crippen molar-refractivity contribution in [2.75, 3.05) is 25.6 Å². The zero-order valence-corrected chi connectivity index (χ0v) is 16.6. The van der Waals surface area contributed by atoms with E-state index in [1.807, 2.05) is 20.8 Å². The highest BCUT2D eigenvalue weighted by atomic mass is 32.2. The molecule has 1 N–H and O–H groups in total. The first kappa shape index (κ1) is 23.8. The van der Waals surface area contributed by atoms with Gasteiger partial charge in [-0.05, 0) is 27.2 Å². The molecule has 0 aromatic rings. The Morgan fingerprint density at radius 2 is 1.29 bits per heavy atom. The summed E-state index contributed by atoms with van der Waals surface area (Å²) in [7, 11) is -4.15. The summed E-state index contributed by atoms with van der Waals surface area (Å²) in [5.74, 6) is -2.42. The van der Waals surface area contributed by atoms with Gasteiger partial charge in [0, 0.05) is 19.8 Å². The van der Waals surface area contributed by atoms with Crippen LogP contribution in [0.4, 0.5) is 0 Å². The van der Waals surface area contributed by atoms with Gasteiger partial charge in [0.25, 0.3) is 16.1 Å². The van der Waals surface area contributed by atoms with Gasteiger partial charge in [0.05, 0.1) is 11.7 Å². The molecule has 0 aromatic carbocycles. The molecule has 146 valence electrons. The lowest BCUT2D eigenvalue weighted by atomic mass is 9.99. The molecule has 0 radical (unpaired) electrons. The Kier molecular flexibility index (Phi) is 12.9. The van der Waals surface area contributed by atoms with Gasteiger partial charge in [-0.3, -0.25) is 4.55 Å². The second-order valence-electron chi connectivity index (χ2n) is 5.90. The van der Waals surface area contributed by atoms with Crippen molar-refractivity contribution in [3.63, 3.8) is 0 Å². The molecule has 1 atom stereocenters. The third kappa shape index (κ3) is 9.93. The molecule has 0 spiro atoms. The van der Waals surface area contributed by atoms with Crippen molar-refractivity contribution in [3.8, 4) is 0 Å². The molecule has 0 aliphatic carbocycles. The monoisotopic (exact) mass is 368 g/mol. The molecule has 0 aliphatic heterocycles. The molecular weight excluding hydrogens is 332 g/mol. The quantitative estimate of drug-likeness (QED) is 0.252. The van der Waals surface area contributed by atoms with E-state index in [-0.39, 0.29) is 0 Å². The zero-order valence-electron chi connectivity index (χ0n) is 15.8. The third-order valence-corrected chi connectivity index (χ3v) is 4.68. The van der Waals surface area contributed by atoms with Gasteiger partial charge in [0.2, 0.25) is 0 Å². The Morgan fingerprint density at radius 3 is 1.71 bits per heavy atom. The van der Waals surface area contributed by atoms with E-state index >= 15 is 0 Å². The highest BCUT2D eigenvalue weighted by Gasteiger charge is 2.43. The second-order valence-corrected chi connectivity index (χ2v) is 7.40. The first-order chi connectivity index (χ1) is 11.3. The second kappa shape index (κ2) is 13.1. The van der Waals surface area contributed by atoms with E-state index < -0.39 is 27.8 Å². The molecule has 7 heteroatoms. The number of hydrogen-bond acceptors (Lipinski definition) is 5. The number of ether oxygens (including phenoxy) is 3. The van der Waals surface area contributed by atoms with Crippen LogP contribution in [0.25, 0.3) is 0 Å². The van der Waals surface area contributed by atoms with Gasteiger partial charge in [0.15, 0.2) is 0 Å². The summed E-state index contributed by atoms with van der Waals surface area (Å²) in [4.78, 5) is 0. The van der Waals surface area contributed by atoms with E-state index in [1.54, 1.807) is 0 Å². The van der Waals surface area contributed by atoms with E-state index in [1.165, 1.54) is 19.3 Å². The average molecular weight is 369 g/mol. The Labute approximate surface area is 148 Å². The van der Waals surface area contributed by atoms with Gasteiger partial charge in [-0.15, -0.1) is 0 Å². The largest absolute Gasteiger partial charge is 0.328 e. The molecule has 24 heavy (non-hydrogen) atoms. The summed E-state index contributed by atoms with van der Waals surface area (Å²) in [6.07, 6.45) is 7.14. The van der Waals surface area contributed by atoms with Crippen LogP contribution in [0, 0.1) is 5.92 Å². The number of hydrogen-bond donors (Lipinski definition) is 1. The Bertz CT molecular complexity index is 379. The van der Waals surface area contributed by atoms with Crippen LogP contribution in [0.5, 0.6) is 0 Å². The molecule has 0 rings (SSSR count). The molecule has 0 saturated heterocycles. The van der Waals surface area contributed by atoms with Crippen molar-refractivity contribution in [3.05, 3.63) is 0 Å². The topological polar surface area (TPSA) is 82.1 Å². The standard InChI is InChI=1S/C17H36O6S/c1-5-9-10-11-12-13-14-16(15-24(18,19)20)17(21-6-2,22-7-3)23-8-4/h16H,5-15H2,1-4H3,(H,18,19,20). The zero-order chi connectivity index (χ0) is 18.5. The van der Waals surface area contributed by atoms with Crippen LogP contribution in [0.3, 0.4) is 0 Å². The van der Waals surface area contributed by atoms with Gasteiger partial charge in [-0.2, -0.15) is 8.42 Å². The van der Waals surface area contributed by atoms with Gasteiger partial charge in [-0.1, -0.05) is 45.4 Å². The number of rotatable bonds is 16. The molecule has 0 bridgehead atoms. The Morgan fingerprint density at radius 1 is 0.833 bits per heavy atom. The predicted molar refractivity (Wildman–Crippen MR) is 95.5 cm³/mol. The Balaban J connectivity index is 5.01. The average Bonchev–Trinajstić information content (AvgIpc) is 2.49. The van der Waals surface area contributed by atoms with Gasteiger partial charge in [0.1, 0.15) is 0 Å². The maximum Gasteiger partial charge on any atom is 0.286 e. The first-order valence-corrected chi connectivity index (χ1v) is 10.8. The van der Waals surface area contributed by atoms with Crippen molar-refractivity contribution in [1.82, 2.24) is 0 Å². The maximum absolute atomic E-state index is 11.5. The van der Waals surface area contributed by atoms with Crippen molar-refractivity contribution >= 4 is 10.1 Å². The summed E-state index contributed by atoms with van der Waals surface area (Å²) in [6, 6.07) is 0. The molecule has 0 heterocycles. The first-order valence-electron chi connectivity index (χ1n) is 9.22. The van der Waals surface area contributed by atoms with Gasteiger partial charge >= 0.3 is 0 Å². The normalized spacial score (nSPS) is 14.0. The molecule has 0 saturated carbocycles.